The van der Waals surface area contributed by atoms with Gasteiger partial charge in [-0.3, -0.25) is 0 Å². The molecule has 0 aliphatic heterocycles. The highest BCUT2D eigenvalue weighted by molar-refractivity contribution is 6.31. The van der Waals surface area contributed by atoms with Crippen molar-refractivity contribution < 1.29 is 0 Å². The minimum absolute atomic E-state index is 0.280. The Morgan fingerprint density at radius 1 is 1.62 bits per heavy atom. The van der Waals surface area contributed by atoms with Crippen LogP contribution in [0.25, 0.3) is 0 Å². The van der Waals surface area contributed by atoms with Crippen molar-refractivity contribution >= 4 is 11.6 Å². The number of benzene rings is 1. The van der Waals surface area contributed by atoms with Gasteiger partial charge >= 0.3 is 0 Å². The maximum Gasteiger partial charge on any atom is 0.0641 e. The summed E-state index contributed by atoms with van der Waals surface area (Å²) in [6, 6.07) is 7.40. The fourth-order valence-electron chi connectivity index (χ4n) is 1.16. The van der Waals surface area contributed by atoms with Crippen LogP contribution in [0.3, 0.4) is 0 Å². The standard InChI is InChI=1S/C10H11ClN2/c1-7-2-3-9(11)8(6-7)10(13)4-5-12/h2-3,6,10H,4,13H2,1H3. The first-order chi connectivity index (χ1) is 6.15. The van der Waals surface area contributed by atoms with Crippen LogP contribution in [-0.4, -0.2) is 0 Å². The molecule has 0 aliphatic rings. The van der Waals surface area contributed by atoms with Crippen LogP contribution in [0.15, 0.2) is 18.2 Å². The lowest BCUT2D eigenvalue weighted by atomic mass is 10.0. The summed E-state index contributed by atoms with van der Waals surface area (Å²) in [5.74, 6) is 0. The monoisotopic (exact) mass is 194 g/mol. The molecule has 2 nitrogen and oxygen atoms in total. The van der Waals surface area contributed by atoms with Crippen molar-refractivity contribution in [3.8, 4) is 6.07 Å². The Morgan fingerprint density at radius 3 is 2.92 bits per heavy atom. The molecule has 68 valence electrons. The third kappa shape index (κ3) is 2.45. The third-order valence-corrected chi connectivity index (χ3v) is 2.21. The van der Waals surface area contributed by atoms with Gasteiger partial charge in [0.05, 0.1) is 12.5 Å². The Labute approximate surface area is 82.9 Å². The second kappa shape index (κ2) is 4.27. The predicted octanol–water partition coefficient (Wildman–Crippen LogP) is 2.56. The molecule has 0 fully saturated rings. The number of hydrogen-bond donors (Lipinski definition) is 1. The molecule has 13 heavy (non-hydrogen) atoms. The van der Waals surface area contributed by atoms with E-state index in [1.165, 1.54) is 0 Å². The number of nitrogens with zero attached hydrogens (tertiary/aromatic N) is 1. The molecule has 1 unspecified atom stereocenters. The molecule has 1 rings (SSSR count). The molecule has 2 N–H and O–H groups in total. The van der Waals surface area contributed by atoms with E-state index in [4.69, 9.17) is 22.6 Å². The molecular formula is C10H11ClN2. The number of rotatable bonds is 2. The molecule has 1 atom stereocenters. The molecule has 0 spiro atoms. The zero-order valence-electron chi connectivity index (χ0n) is 7.42. The maximum absolute atomic E-state index is 8.49. The molecule has 1 aromatic carbocycles. The van der Waals surface area contributed by atoms with Crippen molar-refractivity contribution in [2.24, 2.45) is 5.73 Å². The summed E-state index contributed by atoms with van der Waals surface area (Å²) >= 11 is 5.94. The van der Waals surface area contributed by atoms with Gasteiger partial charge in [-0.15, -0.1) is 0 Å². The van der Waals surface area contributed by atoms with Crippen molar-refractivity contribution in [1.82, 2.24) is 0 Å². The van der Waals surface area contributed by atoms with Crippen molar-refractivity contribution in [2.45, 2.75) is 19.4 Å². The lowest BCUT2D eigenvalue weighted by Gasteiger charge is -2.10. The molecule has 0 saturated carbocycles. The molecule has 0 aromatic heterocycles. The van der Waals surface area contributed by atoms with Crippen LogP contribution in [0.2, 0.25) is 5.02 Å². The fourth-order valence-corrected chi connectivity index (χ4v) is 1.41. The molecule has 1 aromatic rings. The van der Waals surface area contributed by atoms with Gasteiger partial charge in [0.15, 0.2) is 0 Å². The highest BCUT2D eigenvalue weighted by Gasteiger charge is 2.09. The molecule has 3 heteroatoms. The van der Waals surface area contributed by atoms with Crippen LogP contribution in [0, 0.1) is 18.3 Å². The van der Waals surface area contributed by atoms with Crippen molar-refractivity contribution in [3.05, 3.63) is 34.3 Å². The summed E-state index contributed by atoms with van der Waals surface area (Å²) in [5.41, 5.74) is 7.72. The van der Waals surface area contributed by atoms with Crippen molar-refractivity contribution in [1.29, 1.82) is 5.26 Å². The first-order valence-corrected chi connectivity index (χ1v) is 4.41. The minimum atomic E-state index is -0.280. The van der Waals surface area contributed by atoms with Gasteiger partial charge in [0, 0.05) is 11.1 Å². The summed E-state index contributed by atoms with van der Waals surface area (Å²) in [4.78, 5) is 0. The third-order valence-electron chi connectivity index (χ3n) is 1.86. The van der Waals surface area contributed by atoms with Crippen LogP contribution < -0.4 is 5.73 Å². The van der Waals surface area contributed by atoms with Gasteiger partial charge < -0.3 is 5.73 Å². The number of hydrogen-bond acceptors (Lipinski definition) is 2. The minimum Gasteiger partial charge on any atom is -0.323 e. The summed E-state index contributed by atoms with van der Waals surface area (Å²) in [5, 5.41) is 9.12. The predicted molar refractivity (Wildman–Crippen MR) is 53.3 cm³/mol. The van der Waals surface area contributed by atoms with Gasteiger partial charge in [-0.25, -0.2) is 0 Å². The second-order valence-corrected chi connectivity index (χ2v) is 3.40. The Balaban J connectivity index is 3.00. The molecule has 0 heterocycles. The molecule has 0 radical (unpaired) electrons. The smallest absolute Gasteiger partial charge is 0.0641 e. The van der Waals surface area contributed by atoms with E-state index in [9.17, 15) is 0 Å². The van der Waals surface area contributed by atoms with Crippen molar-refractivity contribution in [2.75, 3.05) is 0 Å². The highest BCUT2D eigenvalue weighted by Crippen LogP contribution is 2.24. The Bertz CT molecular complexity index is 341. The average Bonchev–Trinajstić information content (AvgIpc) is 2.09. The van der Waals surface area contributed by atoms with Gasteiger partial charge in [0.1, 0.15) is 0 Å². The number of nitrogens with two attached hydrogens (primary N) is 1. The summed E-state index contributed by atoms with van der Waals surface area (Å²) in [7, 11) is 0. The zero-order valence-corrected chi connectivity index (χ0v) is 8.17. The average molecular weight is 195 g/mol. The van der Waals surface area contributed by atoms with E-state index >= 15 is 0 Å². The number of nitriles is 1. The van der Waals surface area contributed by atoms with Crippen LogP contribution in [0.4, 0.5) is 0 Å². The highest BCUT2D eigenvalue weighted by atomic mass is 35.5. The fraction of sp³-hybridized carbons (Fsp3) is 0.300. The van der Waals surface area contributed by atoms with Gasteiger partial charge in [-0.2, -0.15) is 5.26 Å². The van der Waals surface area contributed by atoms with E-state index < -0.39 is 0 Å². The largest absolute Gasteiger partial charge is 0.323 e. The second-order valence-electron chi connectivity index (χ2n) is 2.99. The molecule has 0 amide bonds. The molecule has 0 bridgehead atoms. The van der Waals surface area contributed by atoms with Crippen LogP contribution in [0.1, 0.15) is 23.6 Å². The SMILES string of the molecule is Cc1ccc(Cl)c(C(N)CC#N)c1. The lowest BCUT2D eigenvalue weighted by molar-refractivity contribution is 0.748. The number of aryl methyl sites for hydroxylation is 1. The van der Waals surface area contributed by atoms with E-state index in [1.54, 1.807) is 0 Å². The van der Waals surface area contributed by atoms with E-state index in [0.717, 1.165) is 11.1 Å². The molecule has 0 aliphatic carbocycles. The van der Waals surface area contributed by atoms with Crippen LogP contribution in [-0.2, 0) is 0 Å². The first kappa shape index (κ1) is 10.0. The Morgan fingerprint density at radius 2 is 2.31 bits per heavy atom. The first-order valence-electron chi connectivity index (χ1n) is 4.03. The zero-order chi connectivity index (χ0) is 9.84. The number of halogens is 1. The van der Waals surface area contributed by atoms with Crippen LogP contribution >= 0.6 is 11.6 Å². The van der Waals surface area contributed by atoms with E-state index in [1.807, 2.05) is 31.2 Å². The van der Waals surface area contributed by atoms with Gasteiger partial charge in [0.25, 0.3) is 0 Å². The summed E-state index contributed by atoms with van der Waals surface area (Å²) in [6.45, 7) is 1.97. The summed E-state index contributed by atoms with van der Waals surface area (Å²) < 4.78 is 0. The molecule has 0 saturated heterocycles. The maximum atomic E-state index is 8.49. The van der Waals surface area contributed by atoms with Crippen LogP contribution in [0.5, 0.6) is 0 Å². The van der Waals surface area contributed by atoms with Gasteiger partial charge in [-0.1, -0.05) is 29.3 Å². The Kier molecular flexibility index (Phi) is 3.30. The topological polar surface area (TPSA) is 49.8 Å². The van der Waals surface area contributed by atoms with Gasteiger partial charge in [0.2, 0.25) is 0 Å². The lowest BCUT2D eigenvalue weighted by Crippen LogP contribution is -2.09. The normalized spacial score (nSPS) is 12.2. The molecular weight excluding hydrogens is 184 g/mol. The quantitative estimate of drug-likeness (QED) is 0.787. The van der Waals surface area contributed by atoms with E-state index in [-0.39, 0.29) is 6.04 Å². The van der Waals surface area contributed by atoms with E-state index in [0.29, 0.717) is 11.4 Å². The van der Waals surface area contributed by atoms with Crippen molar-refractivity contribution in [3.63, 3.8) is 0 Å². The summed E-state index contributed by atoms with van der Waals surface area (Å²) in [6.07, 6.45) is 0.295. The Hall–Kier alpha value is -1.04. The van der Waals surface area contributed by atoms with Gasteiger partial charge in [-0.05, 0) is 18.6 Å². The van der Waals surface area contributed by atoms with E-state index in [2.05, 4.69) is 0 Å².